The minimum atomic E-state index is 0.669. The van der Waals surface area contributed by atoms with Gasteiger partial charge in [-0.15, -0.1) is 11.3 Å². The molecule has 0 radical (unpaired) electrons. The highest BCUT2D eigenvalue weighted by Gasteiger charge is 2.11. The maximum absolute atomic E-state index is 5.59. The Kier molecular flexibility index (Phi) is 3.61. The number of hydrogen-bond donors (Lipinski definition) is 0. The second kappa shape index (κ2) is 4.97. The molecule has 16 heavy (non-hydrogen) atoms. The maximum Gasteiger partial charge on any atom is 0.129 e. The van der Waals surface area contributed by atoms with Gasteiger partial charge in [0, 0.05) is 0 Å². The van der Waals surface area contributed by atoms with Gasteiger partial charge in [-0.1, -0.05) is 12.1 Å². The molecule has 0 amide bonds. The predicted molar refractivity (Wildman–Crippen MR) is 71.2 cm³/mol. The van der Waals surface area contributed by atoms with Crippen LogP contribution in [0.15, 0.2) is 28.1 Å². The first-order valence-electron chi connectivity index (χ1n) is 5.07. The van der Waals surface area contributed by atoms with Crippen LogP contribution in [0.25, 0.3) is 10.6 Å². The number of rotatable bonds is 3. The van der Waals surface area contributed by atoms with E-state index in [4.69, 9.17) is 4.74 Å². The van der Waals surface area contributed by atoms with Crippen LogP contribution in [0.4, 0.5) is 0 Å². The van der Waals surface area contributed by atoms with E-state index in [2.05, 4.69) is 20.9 Å². The van der Waals surface area contributed by atoms with Crippen molar-refractivity contribution in [1.82, 2.24) is 4.98 Å². The Bertz CT molecular complexity index is 476. The summed E-state index contributed by atoms with van der Waals surface area (Å²) in [5, 5.41) is 0.994. The molecule has 0 aliphatic heterocycles. The van der Waals surface area contributed by atoms with Gasteiger partial charge in [0.25, 0.3) is 0 Å². The van der Waals surface area contributed by atoms with Gasteiger partial charge in [-0.25, -0.2) is 4.98 Å². The number of thiazole rings is 1. The number of nitrogens with zero attached hydrogens (tertiary/aromatic N) is 1. The summed E-state index contributed by atoms with van der Waals surface area (Å²) in [5.74, 6) is 0.895. The van der Waals surface area contributed by atoms with Crippen molar-refractivity contribution in [2.45, 2.75) is 13.8 Å². The van der Waals surface area contributed by atoms with E-state index in [0.717, 1.165) is 25.8 Å². The van der Waals surface area contributed by atoms with Crippen molar-refractivity contribution < 1.29 is 4.74 Å². The van der Waals surface area contributed by atoms with E-state index in [1.54, 1.807) is 11.3 Å². The SMILES string of the molecule is CCOc1ccccc1-c1nc(C)c(Br)s1. The largest absolute Gasteiger partial charge is 0.493 e. The van der Waals surface area contributed by atoms with Crippen LogP contribution in [0.3, 0.4) is 0 Å². The average Bonchev–Trinajstić information content (AvgIpc) is 2.60. The van der Waals surface area contributed by atoms with Gasteiger partial charge in [-0.05, 0) is 41.9 Å². The van der Waals surface area contributed by atoms with Gasteiger partial charge in [-0.3, -0.25) is 0 Å². The van der Waals surface area contributed by atoms with Crippen LogP contribution >= 0.6 is 27.3 Å². The zero-order chi connectivity index (χ0) is 11.5. The number of hydrogen-bond acceptors (Lipinski definition) is 3. The van der Waals surface area contributed by atoms with Gasteiger partial charge < -0.3 is 4.74 Å². The smallest absolute Gasteiger partial charge is 0.129 e. The lowest BCUT2D eigenvalue weighted by Crippen LogP contribution is -1.93. The first-order chi connectivity index (χ1) is 7.72. The fraction of sp³-hybridized carbons (Fsp3) is 0.250. The van der Waals surface area contributed by atoms with Crippen molar-refractivity contribution >= 4 is 27.3 Å². The molecule has 1 heterocycles. The molecule has 4 heteroatoms. The third-order valence-corrected chi connectivity index (χ3v) is 4.20. The Labute approximate surface area is 107 Å². The van der Waals surface area contributed by atoms with Crippen molar-refractivity contribution in [3.05, 3.63) is 33.7 Å². The Hall–Kier alpha value is -0.870. The first kappa shape index (κ1) is 11.6. The van der Waals surface area contributed by atoms with Crippen LogP contribution < -0.4 is 4.74 Å². The molecule has 0 aliphatic rings. The van der Waals surface area contributed by atoms with Crippen LogP contribution in [0.1, 0.15) is 12.6 Å². The van der Waals surface area contributed by atoms with Gasteiger partial charge in [0.2, 0.25) is 0 Å². The number of ether oxygens (including phenoxy) is 1. The molecule has 0 N–H and O–H groups in total. The van der Waals surface area contributed by atoms with Crippen LogP contribution in [-0.2, 0) is 0 Å². The summed E-state index contributed by atoms with van der Waals surface area (Å²) in [6, 6.07) is 7.99. The molecule has 0 atom stereocenters. The Balaban J connectivity index is 2.46. The minimum absolute atomic E-state index is 0.669. The highest BCUT2D eigenvalue weighted by molar-refractivity contribution is 9.11. The van der Waals surface area contributed by atoms with E-state index in [1.807, 2.05) is 38.1 Å². The molecule has 0 unspecified atom stereocenters. The van der Waals surface area contributed by atoms with E-state index < -0.39 is 0 Å². The summed E-state index contributed by atoms with van der Waals surface area (Å²) in [6.07, 6.45) is 0. The summed E-state index contributed by atoms with van der Waals surface area (Å²) in [4.78, 5) is 4.52. The minimum Gasteiger partial charge on any atom is -0.493 e. The zero-order valence-corrected chi connectivity index (χ0v) is 11.6. The molecule has 1 aromatic heterocycles. The van der Waals surface area contributed by atoms with Gasteiger partial charge in [-0.2, -0.15) is 0 Å². The molecular weight excluding hydrogens is 286 g/mol. The molecule has 1 aromatic carbocycles. The summed E-state index contributed by atoms with van der Waals surface area (Å²) in [5.41, 5.74) is 2.08. The number of aromatic nitrogens is 1. The summed E-state index contributed by atoms with van der Waals surface area (Å²) >= 11 is 5.13. The third kappa shape index (κ3) is 2.28. The Morgan fingerprint density at radius 2 is 2.12 bits per heavy atom. The lowest BCUT2D eigenvalue weighted by Gasteiger charge is -2.06. The highest BCUT2D eigenvalue weighted by atomic mass is 79.9. The molecule has 2 nitrogen and oxygen atoms in total. The topological polar surface area (TPSA) is 22.1 Å². The summed E-state index contributed by atoms with van der Waals surface area (Å²) in [6.45, 7) is 4.65. The molecule has 0 aliphatic carbocycles. The summed E-state index contributed by atoms with van der Waals surface area (Å²) < 4.78 is 6.67. The van der Waals surface area contributed by atoms with Crippen molar-refractivity contribution in [3.8, 4) is 16.3 Å². The van der Waals surface area contributed by atoms with Crippen molar-refractivity contribution in [2.75, 3.05) is 6.61 Å². The quantitative estimate of drug-likeness (QED) is 0.843. The number of para-hydroxylation sites is 1. The van der Waals surface area contributed by atoms with Crippen LogP contribution in [-0.4, -0.2) is 11.6 Å². The van der Waals surface area contributed by atoms with E-state index in [-0.39, 0.29) is 0 Å². The van der Waals surface area contributed by atoms with Gasteiger partial charge in [0.15, 0.2) is 0 Å². The third-order valence-electron chi connectivity index (χ3n) is 2.16. The molecule has 2 aromatic rings. The van der Waals surface area contributed by atoms with Crippen molar-refractivity contribution in [2.24, 2.45) is 0 Å². The number of halogens is 1. The maximum atomic E-state index is 5.59. The molecule has 0 saturated carbocycles. The fourth-order valence-electron chi connectivity index (χ4n) is 1.42. The monoisotopic (exact) mass is 297 g/mol. The summed E-state index contributed by atoms with van der Waals surface area (Å²) in [7, 11) is 0. The normalized spacial score (nSPS) is 10.4. The van der Waals surface area contributed by atoms with E-state index in [0.29, 0.717) is 6.61 Å². The van der Waals surface area contributed by atoms with Crippen LogP contribution in [0.2, 0.25) is 0 Å². The molecule has 0 saturated heterocycles. The molecule has 0 bridgehead atoms. The second-order valence-electron chi connectivity index (χ2n) is 3.31. The Morgan fingerprint density at radius 3 is 2.75 bits per heavy atom. The van der Waals surface area contributed by atoms with Gasteiger partial charge in [0.1, 0.15) is 10.8 Å². The fourth-order valence-corrected chi connectivity index (χ4v) is 2.79. The molecule has 2 rings (SSSR count). The predicted octanol–water partition coefficient (Wildman–Crippen LogP) is 4.28. The van der Waals surface area contributed by atoms with Crippen LogP contribution in [0, 0.1) is 6.92 Å². The molecule has 0 spiro atoms. The number of aryl methyl sites for hydroxylation is 1. The second-order valence-corrected chi connectivity index (χ2v) is 5.62. The van der Waals surface area contributed by atoms with E-state index in [1.165, 1.54) is 0 Å². The highest BCUT2D eigenvalue weighted by Crippen LogP contribution is 2.36. The Morgan fingerprint density at radius 1 is 1.38 bits per heavy atom. The van der Waals surface area contributed by atoms with Crippen LogP contribution in [0.5, 0.6) is 5.75 Å². The zero-order valence-electron chi connectivity index (χ0n) is 9.16. The van der Waals surface area contributed by atoms with Crippen molar-refractivity contribution in [1.29, 1.82) is 0 Å². The van der Waals surface area contributed by atoms with Crippen molar-refractivity contribution in [3.63, 3.8) is 0 Å². The first-order valence-corrected chi connectivity index (χ1v) is 6.68. The van der Waals surface area contributed by atoms with E-state index >= 15 is 0 Å². The molecular formula is C12H12BrNOS. The molecule has 84 valence electrons. The lowest BCUT2D eigenvalue weighted by atomic mass is 10.2. The number of benzene rings is 1. The standard InChI is InChI=1S/C12H12BrNOS/c1-3-15-10-7-5-4-6-9(10)12-14-8(2)11(13)16-12/h4-7H,3H2,1-2H3. The average molecular weight is 298 g/mol. The van der Waals surface area contributed by atoms with E-state index in [9.17, 15) is 0 Å². The lowest BCUT2D eigenvalue weighted by molar-refractivity contribution is 0.341. The van der Waals surface area contributed by atoms with Gasteiger partial charge in [0.05, 0.1) is 21.7 Å². The molecule has 0 fully saturated rings. The van der Waals surface area contributed by atoms with Gasteiger partial charge >= 0.3 is 0 Å².